The number of para-hydroxylation sites is 2. The van der Waals surface area contributed by atoms with Crippen LogP contribution in [0.2, 0.25) is 0 Å². The third-order valence-electron chi connectivity index (χ3n) is 6.90. The standard InChI is InChI=1S/C23H26N4O4S/c28-23(19-12-20(15-7-8-15)27(25-19)17-9-11-32(29,30)14-17)26-10-3-4-16(13-26)22-24-18-5-1-2-6-21(18)31-22/h1-2,5-6,12,15-17H,3-4,7-11,13-14H2. The Morgan fingerprint density at radius 2 is 1.94 bits per heavy atom. The van der Waals surface area contributed by atoms with Crippen molar-refractivity contribution < 1.29 is 17.6 Å². The van der Waals surface area contributed by atoms with Gasteiger partial charge in [0, 0.05) is 24.7 Å². The van der Waals surface area contributed by atoms with Gasteiger partial charge in [-0.2, -0.15) is 5.10 Å². The summed E-state index contributed by atoms with van der Waals surface area (Å²) in [5, 5.41) is 4.65. The van der Waals surface area contributed by atoms with E-state index < -0.39 is 9.84 Å². The van der Waals surface area contributed by atoms with Gasteiger partial charge in [-0.15, -0.1) is 0 Å². The zero-order chi connectivity index (χ0) is 21.9. The van der Waals surface area contributed by atoms with Crippen LogP contribution < -0.4 is 0 Å². The minimum absolute atomic E-state index is 0.0602. The van der Waals surface area contributed by atoms with E-state index in [1.54, 1.807) is 0 Å². The molecule has 2 atom stereocenters. The maximum absolute atomic E-state index is 13.4. The molecule has 6 rings (SSSR count). The van der Waals surface area contributed by atoms with E-state index in [9.17, 15) is 13.2 Å². The molecule has 3 fully saturated rings. The van der Waals surface area contributed by atoms with Crippen molar-refractivity contribution in [3.05, 3.63) is 47.6 Å². The fourth-order valence-corrected chi connectivity index (χ4v) is 6.74. The van der Waals surface area contributed by atoms with E-state index in [-0.39, 0.29) is 29.4 Å². The number of nitrogens with zero attached hydrogens (tertiary/aromatic N) is 4. The highest BCUT2D eigenvalue weighted by Crippen LogP contribution is 2.42. The molecule has 3 aromatic rings. The summed E-state index contributed by atoms with van der Waals surface area (Å²) in [5.74, 6) is 1.36. The summed E-state index contributed by atoms with van der Waals surface area (Å²) in [6.07, 6.45) is 4.52. The number of carbonyl (C=O) groups is 1. The Labute approximate surface area is 186 Å². The Balaban J connectivity index is 1.24. The third-order valence-corrected chi connectivity index (χ3v) is 8.65. The molecule has 0 radical (unpaired) electrons. The number of rotatable bonds is 4. The smallest absolute Gasteiger partial charge is 0.274 e. The van der Waals surface area contributed by atoms with Crippen LogP contribution in [0.15, 0.2) is 34.7 Å². The lowest BCUT2D eigenvalue weighted by Crippen LogP contribution is -2.39. The van der Waals surface area contributed by atoms with Gasteiger partial charge in [0.25, 0.3) is 5.91 Å². The molecule has 0 spiro atoms. The van der Waals surface area contributed by atoms with Gasteiger partial charge in [0.15, 0.2) is 27.0 Å². The van der Waals surface area contributed by atoms with E-state index in [0.29, 0.717) is 37.0 Å². The summed E-state index contributed by atoms with van der Waals surface area (Å²) in [6.45, 7) is 1.23. The molecule has 8 nitrogen and oxygen atoms in total. The first-order valence-corrected chi connectivity index (χ1v) is 13.2. The van der Waals surface area contributed by atoms with Gasteiger partial charge in [0.2, 0.25) is 0 Å². The molecule has 2 saturated heterocycles. The molecule has 0 bridgehead atoms. The van der Waals surface area contributed by atoms with E-state index in [4.69, 9.17) is 4.42 Å². The molecule has 1 amide bonds. The molecule has 2 unspecified atom stereocenters. The summed E-state index contributed by atoms with van der Waals surface area (Å²) in [7, 11) is -3.02. The average Bonchev–Trinajstić information content (AvgIpc) is 3.23. The maximum Gasteiger partial charge on any atom is 0.274 e. The summed E-state index contributed by atoms with van der Waals surface area (Å²) in [4.78, 5) is 19.9. The van der Waals surface area contributed by atoms with Crippen molar-refractivity contribution in [3.8, 4) is 0 Å². The van der Waals surface area contributed by atoms with Crippen molar-refractivity contribution in [2.24, 2.45) is 0 Å². The number of hydrogen-bond donors (Lipinski definition) is 0. The third kappa shape index (κ3) is 3.62. The number of sulfone groups is 1. The summed E-state index contributed by atoms with van der Waals surface area (Å²) in [5.41, 5.74) is 3.05. The minimum atomic E-state index is -3.02. The second-order valence-corrected chi connectivity index (χ2v) is 11.6. The van der Waals surface area contributed by atoms with Crippen molar-refractivity contribution in [1.29, 1.82) is 0 Å². The molecule has 1 saturated carbocycles. The lowest BCUT2D eigenvalue weighted by atomic mass is 9.97. The van der Waals surface area contributed by atoms with Crippen LogP contribution in [-0.2, 0) is 9.84 Å². The number of carbonyl (C=O) groups excluding carboxylic acids is 1. The molecule has 168 valence electrons. The first-order chi connectivity index (χ1) is 15.5. The lowest BCUT2D eigenvalue weighted by molar-refractivity contribution is 0.0691. The van der Waals surface area contributed by atoms with Crippen LogP contribution in [0.5, 0.6) is 0 Å². The highest BCUT2D eigenvalue weighted by molar-refractivity contribution is 7.91. The van der Waals surface area contributed by atoms with Gasteiger partial charge in [-0.3, -0.25) is 9.48 Å². The number of benzene rings is 1. The van der Waals surface area contributed by atoms with E-state index >= 15 is 0 Å². The van der Waals surface area contributed by atoms with Gasteiger partial charge >= 0.3 is 0 Å². The van der Waals surface area contributed by atoms with Crippen molar-refractivity contribution in [2.75, 3.05) is 24.6 Å². The number of likely N-dealkylation sites (tertiary alicyclic amines) is 1. The molecular formula is C23H26N4O4S. The van der Waals surface area contributed by atoms with Crippen LogP contribution in [-0.4, -0.2) is 58.6 Å². The largest absolute Gasteiger partial charge is 0.440 e. The minimum Gasteiger partial charge on any atom is -0.440 e. The lowest BCUT2D eigenvalue weighted by Gasteiger charge is -2.30. The predicted molar refractivity (Wildman–Crippen MR) is 118 cm³/mol. The maximum atomic E-state index is 13.4. The van der Waals surface area contributed by atoms with E-state index in [0.717, 1.165) is 42.5 Å². The van der Waals surface area contributed by atoms with Gasteiger partial charge in [-0.1, -0.05) is 12.1 Å². The fourth-order valence-electron chi connectivity index (χ4n) is 5.05. The van der Waals surface area contributed by atoms with Gasteiger partial charge in [-0.25, -0.2) is 13.4 Å². The van der Waals surface area contributed by atoms with Crippen LogP contribution in [0, 0.1) is 0 Å². The van der Waals surface area contributed by atoms with Gasteiger partial charge in [0.1, 0.15) is 5.52 Å². The topological polar surface area (TPSA) is 98.3 Å². The van der Waals surface area contributed by atoms with Crippen LogP contribution in [0.25, 0.3) is 11.1 Å². The summed E-state index contributed by atoms with van der Waals surface area (Å²) >= 11 is 0. The molecular weight excluding hydrogens is 428 g/mol. The van der Waals surface area contributed by atoms with Crippen LogP contribution in [0.4, 0.5) is 0 Å². The Kier molecular flexibility index (Phi) is 4.64. The van der Waals surface area contributed by atoms with Crippen molar-refractivity contribution in [3.63, 3.8) is 0 Å². The fraction of sp³-hybridized carbons (Fsp3) is 0.522. The SMILES string of the molecule is O=C(c1cc(C2CC2)n(C2CCS(=O)(=O)C2)n1)N1CCCC(c2nc3ccccc3o2)C1. The number of fused-ring (bicyclic) bond motifs is 1. The molecule has 1 aliphatic carbocycles. The van der Waals surface area contributed by atoms with Gasteiger partial charge in [-0.05, 0) is 50.3 Å². The number of oxazole rings is 1. The number of piperidine rings is 1. The predicted octanol–water partition coefficient (Wildman–Crippen LogP) is 3.28. The molecule has 3 aliphatic rings. The first-order valence-electron chi connectivity index (χ1n) is 11.4. The van der Waals surface area contributed by atoms with Crippen molar-refractivity contribution in [2.45, 2.75) is 50.0 Å². The number of amides is 1. The Morgan fingerprint density at radius 3 is 2.69 bits per heavy atom. The Morgan fingerprint density at radius 1 is 1.09 bits per heavy atom. The molecule has 2 aromatic heterocycles. The molecule has 9 heteroatoms. The number of aromatic nitrogens is 3. The van der Waals surface area contributed by atoms with Crippen LogP contribution in [0.3, 0.4) is 0 Å². The molecule has 32 heavy (non-hydrogen) atoms. The number of hydrogen-bond acceptors (Lipinski definition) is 6. The Bertz CT molecular complexity index is 1260. The van der Waals surface area contributed by atoms with Crippen LogP contribution >= 0.6 is 0 Å². The highest BCUT2D eigenvalue weighted by Gasteiger charge is 2.37. The van der Waals surface area contributed by atoms with E-state index in [1.807, 2.05) is 39.9 Å². The second-order valence-electron chi connectivity index (χ2n) is 9.34. The normalized spacial score (nSPS) is 25.4. The van der Waals surface area contributed by atoms with E-state index in [2.05, 4.69) is 10.1 Å². The van der Waals surface area contributed by atoms with Gasteiger partial charge < -0.3 is 9.32 Å². The summed E-state index contributed by atoms with van der Waals surface area (Å²) in [6, 6.07) is 9.45. The van der Waals surface area contributed by atoms with Crippen molar-refractivity contribution >= 4 is 26.8 Å². The van der Waals surface area contributed by atoms with Gasteiger partial charge in [0.05, 0.1) is 23.5 Å². The zero-order valence-electron chi connectivity index (χ0n) is 17.8. The second kappa shape index (κ2) is 7.43. The molecule has 1 aromatic carbocycles. The average molecular weight is 455 g/mol. The highest BCUT2D eigenvalue weighted by atomic mass is 32.2. The molecule has 2 aliphatic heterocycles. The monoisotopic (exact) mass is 454 g/mol. The van der Waals surface area contributed by atoms with Crippen LogP contribution in [0.1, 0.15) is 72.1 Å². The van der Waals surface area contributed by atoms with E-state index in [1.165, 1.54) is 0 Å². The van der Waals surface area contributed by atoms with Crippen molar-refractivity contribution in [1.82, 2.24) is 19.7 Å². The quantitative estimate of drug-likeness (QED) is 0.600. The molecule has 0 N–H and O–H groups in total. The first kappa shape index (κ1) is 20.0. The zero-order valence-corrected chi connectivity index (χ0v) is 18.6. The molecule has 4 heterocycles. The Hall–Kier alpha value is -2.68. The summed E-state index contributed by atoms with van der Waals surface area (Å²) < 4.78 is 31.8.